The quantitative estimate of drug-likeness (QED) is 0.371. The lowest BCUT2D eigenvalue weighted by Gasteiger charge is -2.31. The van der Waals surface area contributed by atoms with E-state index in [4.69, 9.17) is 4.74 Å². The molecule has 6 rings (SSSR count). The lowest BCUT2D eigenvalue weighted by molar-refractivity contribution is -0.0163. The van der Waals surface area contributed by atoms with Crippen LogP contribution < -0.4 is 0 Å². The number of carbonyl (C=O) groups is 1. The van der Waals surface area contributed by atoms with Crippen molar-refractivity contribution in [2.75, 3.05) is 0 Å². The van der Waals surface area contributed by atoms with Crippen LogP contribution in [0.3, 0.4) is 0 Å². The highest BCUT2D eigenvalue weighted by atomic mass is 16.6. The van der Waals surface area contributed by atoms with Crippen molar-refractivity contribution in [1.29, 1.82) is 0 Å². The maximum Gasteiger partial charge on any atom is 0.339 e. The molecule has 0 aromatic heterocycles. The monoisotopic (exact) mass is 422 g/mol. The number of hydrogen-bond acceptors (Lipinski definition) is 3. The summed E-state index contributed by atoms with van der Waals surface area (Å²) in [7, 11) is 0. The fourth-order valence-electron chi connectivity index (χ4n) is 6.25. The Bertz CT molecular complexity index is 1410. The number of fused-ring (bicyclic) bond motifs is 7. The molecule has 160 valence electrons. The highest BCUT2D eigenvalue weighted by molar-refractivity contribution is 6.04. The van der Waals surface area contributed by atoms with Gasteiger partial charge in [0.05, 0.1) is 5.56 Å². The highest BCUT2D eigenvalue weighted by Gasteiger charge is 2.59. The molecule has 0 radical (unpaired) electrons. The van der Waals surface area contributed by atoms with Crippen molar-refractivity contribution in [2.45, 2.75) is 50.5 Å². The minimum atomic E-state index is -0.690. The van der Waals surface area contributed by atoms with E-state index in [1.807, 2.05) is 54.6 Å². The van der Waals surface area contributed by atoms with E-state index in [9.17, 15) is 9.90 Å². The van der Waals surface area contributed by atoms with Crippen molar-refractivity contribution in [3.05, 3.63) is 89.0 Å². The second-order valence-corrected chi connectivity index (χ2v) is 9.66. The van der Waals surface area contributed by atoms with Gasteiger partial charge in [0, 0.05) is 28.3 Å². The third-order valence-corrected chi connectivity index (χ3v) is 7.78. The van der Waals surface area contributed by atoms with E-state index in [-0.39, 0.29) is 11.4 Å². The lowest BCUT2D eigenvalue weighted by Crippen LogP contribution is -2.28. The van der Waals surface area contributed by atoms with Crippen molar-refractivity contribution >= 4 is 27.5 Å². The molecule has 1 fully saturated rings. The molecule has 0 aliphatic heterocycles. The first-order chi connectivity index (χ1) is 15.5. The maximum absolute atomic E-state index is 13.5. The van der Waals surface area contributed by atoms with Crippen LogP contribution in [0.15, 0.2) is 66.7 Å². The van der Waals surface area contributed by atoms with Crippen LogP contribution in [0.25, 0.3) is 21.5 Å². The molecule has 2 bridgehead atoms. The summed E-state index contributed by atoms with van der Waals surface area (Å²) >= 11 is 0. The van der Waals surface area contributed by atoms with Gasteiger partial charge in [-0.2, -0.15) is 0 Å². The normalized spacial score (nSPS) is 23.6. The van der Waals surface area contributed by atoms with Crippen molar-refractivity contribution in [2.24, 2.45) is 0 Å². The molecule has 0 amide bonds. The van der Waals surface area contributed by atoms with E-state index in [0.29, 0.717) is 11.3 Å². The first-order valence-electron chi connectivity index (χ1n) is 11.5. The summed E-state index contributed by atoms with van der Waals surface area (Å²) in [5.41, 5.74) is 2.88. The number of phenols is 1. The summed E-state index contributed by atoms with van der Waals surface area (Å²) in [5, 5.41) is 15.2. The molecule has 2 atom stereocenters. The summed E-state index contributed by atoms with van der Waals surface area (Å²) in [6.07, 6.45) is 3.29. The molecule has 4 aromatic rings. The topological polar surface area (TPSA) is 46.5 Å². The van der Waals surface area contributed by atoms with Crippen LogP contribution in [-0.4, -0.2) is 11.1 Å². The molecule has 2 aliphatic rings. The molecular formula is C29H26O3. The average molecular weight is 423 g/mol. The van der Waals surface area contributed by atoms with E-state index in [1.165, 1.54) is 5.56 Å². The molecule has 3 heteroatoms. The zero-order valence-corrected chi connectivity index (χ0v) is 18.4. The molecule has 4 aromatic carbocycles. The number of esters is 1. The van der Waals surface area contributed by atoms with Gasteiger partial charge in [-0.25, -0.2) is 4.79 Å². The van der Waals surface area contributed by atoms with Gasteiger partial charge in [-0.15, -0.1) is 0 Å². The van der Waals surface area contributed by atoms with Gasteiger partial charge in [-0.3, -0.25) is 0 Å². The molecule has 0 spiro atoms. The summed E-state index contributed by atoms with van der Waals surface area (Å²) < 4.78 is 6.40. The number of ether oxygens (including phenoxy) is 1. The van der Waals surface area contributed by atoms with E-state index in [2.05, 4.69) is 26.0 Å². The van der Waals surface area contributed by atoms with Crippen molar-refractivity contribution < 1.29 is 14.6 Å². The number of phenolic OH excluding ortho intramolecular Hbond substituents is 1. The predicted molar refractivity (Wildman–Crippen MR) is 127 cm³/mol. The molecule has 32 heavy (non-hydrogen) atoms. The Labute approximate surface area is 187 Å². The number of benzene rings is 4. The maximum atomic E-state index is 13.5. The van der Waals surface area contributed by atoms with Crippen LogP contribution >= 0.6 is 0 Å². The van der Waals surface area contributed by atoms with E-state index in [1.54, 1.807) is 0 Å². The van der Waals surface area contributed by atoms with Gasteiger partial charge >= 0.3 is 5.97 Å². The SMILES string of the molecule is CCc1cccc2c(O)c3c(cc12)C1(OC(=O)c2cccc4ccccc24)CCC3(C)C1. The van der Waals surface area contributed by atoms with Crippen LogP contribution in [0, 0.1) is 0 Å². The zero-order valence-electron chi connectivity index (χ0n) is 18.4. The van der Waals surface area contributed by atoms with Gasteiger partial charge in [0.15, 0.2) is 0 Å². The summed E-state index contributed by atoms with van der Waals surface area (Å²) in [6, 6.07) is 22.0. The van der Waals surface area contributed by atoms with Crippen molar-refractivity contribution in [3.8, 4) is 5.75 Å². The van der Waals surface area contributed by atoms with Crippen LogP contribution in [0.5, 0.6) is 5.75 Å². The second-order valence-electron chi connectivity index (χ2n) is 9.66. The van der Waals surface area contributed by atoms with Crippen LogP contribution in [0.2, 0.25) is 0 Å². The number of rotatable bonds is 3. The van der Waals surface area contributed by atoms with E-state index >= 15 is 0 Å². The molecule has 3 nitrogen and oxygen atoms in total. The van der Waals surface area contributed by atoms with E-state index < -0.39 is 5.60 Å². The van der Waals surface area contributed by atoms with Crippen molar-refractivity contribution in [3.63, 3.8) is 0 Å². The number of aryl methyl sites for hydroxylation is 1. The van der Waals surface area contributed by atoms with Crippen molar-refractivity contribution in [1.82, 2.24) is 0 Å². The first-order valence-corrected chi connectivity index (χ1v) is 11.5. The average Bonchev–Trinajstić information content (AvgIpc) is 3.27. The van der Waals surface area contributed by atoms with Crippen LogP contribution in [-0.2, 0) is 22.2 Å². The molecule has 2 aliphatic carbocycles. The van der Waals surface area contributed by atoms with Gasteiger partial charge in [0.1, 0.15) is 11.4 Å². The Kier molecular flexibility index (Phi) is 3.98. The van der Waals surface area contributed by atoms with Gasteiger partial charge in [0.2, 0.25) is 0 Å². The minimum Gasteiger partial charge on any atom is -0.507 e. The fraction of sp³-hybridized carbons (Fsp3) is 0.276. The van der Waals surface area contributed by atoms with Crippen LogP contribution in [0.4, 0.5) is 0 Å². The molecule has 2 unspecified atom stereocenters. The third kappa shape index (κ3) is 2.51. The van der Waals surface area contributed by atoms with Gasteiger partial charge < -0.3 is 9.84 Å². The van der Waals surface area contributed by atoms with Gasteiger partial charge in [0.25, 0.3) is 0 Å². The minimum absolute atomic E-state index is 0.186. The fourth-order valence-corrected chi connectivity index (χ4v) is 6.25. The number of carbonyl (C=O) groups excluding carboxylic acids is 1. The Hall–Kier alpha value is -3.33. The number of hydrogen-bond donors (Lipinski definition) is 1. The zero-order chi connectivity index (χ0) is 22.1. The largest absolute Gasteiger partial charge is 0.507 e. The van der Waals surface area contributed by atoms with Crippen LogP contribution in [0.1, 0.15) is 60.2 Å². The molecule has 0 heterocycles. The summed E-state index contributed by atoms with van der Waals surface area (Å²) in [6.45, 7) is 4.32. The van der Waals surface area contributed by atoms with Gasteiger partial charge in [-0.05, 0) is 53.1 Å². The smallest absolute Gasteiger partial charge is 0.339 e. The first kappa shape index (κ1) is 19.4. The second kappa shape index (κ2) is 6.59. The Morgan fingerprint density at radius 1 is 0.969 bits per heavy atom. The highest BCUT2D eigenvalue weighted by Crippen LogP contribution is 2.64. The molecule has 0 saturated heterocycles. The Balaban J connectivity index is 1.51. The van der Waals surface area contributed by atoms with E-state index in [0.717, 1.165) is 58.4 Å². The summed E-state index contributed by atoms with van der Waals surface area (Å²) in [5.74, 6) is 0.0698. The third-order valence-electron chi connectivity index (χ3n) is 7.78. The number of aromatic hydroxyl groups is 1. The Morgan fingerprint density at radius 3 is 2.56 bits per heavy atom. The lowest BCUT2D eigenvalue weighted by atomic mass is 9.78. The summed E-state index contributed by atoms with van der Waals surface area (Å²) in [4.78, 5) is 13.5. The molecule has 1 N–H and O–H groups in total. The van der Waals surface area contributed by atoms with Gasteiger partial charge in [-0.1, -0.05) is 68.4 Å². The standard InChI is InChI=1S/C29H26O3/c1-3-18-9-6-12-21-23(18)16-24-25(26(21)30)28(2)14-15-29(24,17-28)32-27(31)22-13-7-10-19-8-4-5-11-20(19)22/h4-13,16,30H,3,14-15,17H2,1-2H3. The predicted octanol–water partition coefficient (Wildman–Crippen LogP) is 6.77. The molecular weight excluding hydrogens is 396 g/mol. The molecule has 1 saturated carbocycles. The Morgan fingerprint density at radius 2 is 1.72 bits per heavy atom.